The van der Waals surface area contributed by atoms with E-state index in [-0.39, 0.29) is 17.9 Å². The van der Waals surface area contributed by atoms with E-state index in [1.807, 2.05) is 54.3 Å². The zero-order valence-corrected chi connectivity index (χ0v) is 16.3. The third-order valence-electron chi connectivity index (χ3n) is 5.83. The topological polar surface area (TPSA) is 20.3 Å². The number of benzene rings is 3. The Labute approximate surface area is 169 Å². The average Bonchev–Trinajstić information content (AvgIpc) is 2.74. The second-order valence-corrected chi connectivity index (χ2v) is 7.61. The molecular formula is C25H23F2NO. The molecule has 4 rings (SSSR count). The Morgan fingerprint density at radius 3 is 2.34 bits per heavy atom. The van der Waals surface area contributed by atoms with E-state index < -0.39 is 11.6 Å². The van der Waals surface area contributed by atoms with Gasteiger partial charge < -0.3 is 4.90 Å². The van der Waals surface area contributed by atoms with E-state index in [1.54, 1.807) is 0 Å². The minimum atomic E-state index is -0.589. The Kier molecular flexibility index (Phi) is 5.43. The Morgan fingerprint density at radius 1 is 0.966 bits per heavy atom. The van der Waals surface area contributed by atoms with E-state index >= 15 is 0 Å². The average molecular weight is 391 g/mol. The molecule has 0 bridgehead atoms. The largest absolute Gasteiger partial charge is 0.336 e. The van der Waals surface area contributed by atoms with Gasteiger partial charge in [0.1, 0.15) is 11.6 Å². The number of carbonyl (C=O) groups excluding carboxylic acids is 1. The summed E-state index contributed by atoms with van der Waals surface area (Å²) in [5.74, 6) is -0.736. The molecule has 0 aliphatic carbocycles. The molecule has 2 atom stereocenters. The van der Waals surface area contributed by atoms with E-state index in [0.29, 0.717) is 24.1 Å². The summed E-state index contributed by atoms with van der Waals surface area (Å²) in [5, 5.41) is 0. The van der Waals surface area contributed by atoms with Crippen LogP contribution in [0.15, 0.2) is 72.8 Å². The lowest BCUT2D eigenvalue weighted by Crippen LogP contribution is -2.39. The van der Waals surface area contributed by atoms with Crippen LogP contribution >= 0.6 is 0 Å². The summed E-state index contributed by atoms with van der Waals surface area (Å²) in [6, 6.07) is 21.2. The SMILES string of the molecule is C[C@@H](c1ccc(-c2ccc(F)cc2F)cc1)N1CCC(c2ccccc2)CC1=O. The number of rotatable bonds is 4. The van der Waals surface area contributed by atoms with Gasteiger partial charge in [0.05, 0.1) is 6.04 Å². The normalized spacial score (nSPS) is 18.0. The van der Waals surface area contributed by atoms with Gasteiger partial charge in [0, 0.05) is 24.6 Å². The van der Waals surface area contributed by atoms with Crippen molar-refractivity contribution < 1.29 is 13.6 Å². The highest BCUT2D eigenvalue weighted by atomic mass is 19.1. The number of amides is 1. The van der Waals surface area contributed by atoms with E-state index in [1.165, 1.54) is 17.7 Å². The summed E-state index contributed by atoms with van der Waals surface area (Å²) in [7, 11) is 0. The fraction of sp³-hybridized carbons (Fsp3) is 0.240. The van der Waals surface area contributed by atoms with Crippen molar-refractivity contribution in [1.82, 2.24) is 4.90 Å². The van der Waals surface area contributed by atoms with Crippen LogP contribution in [0.25, 0.3) is 11.1 Å². The Bertz CT molecular complexity index is 1000. The van der Waals surface area contributed by atoms with Gasteiger partial charge in [0.25, 0.3) is 0 Å². The van der Waals surface area contributed by atoms with Crippen LogP contribution < -0.4 is 0 Å². The van der Waals surface area contributed by atoms with Crippen molar-refractivity contribution in [2.75, 3.05) is 6.54 Å². The molecule has 4 heteroatoms. The van der Waals surface area contributed by atoms with Gasteiger partial charge in [0.15, 0.2) is 0 Å². The van der Waals surface area contributed by atoms with Gasteiger partial charge in [0.2, 0.25) is 5.91 Å². The van der Waals surface area contributed by atoms with Crippen LogP contribution in [-0.2, 0) is 4.79 Å². The van der Waals surface area contributed by atoms with Crippen LogP contribution in [0.2, 0.25) is 0 Å². The van der Waals surface area contributed by atoms with Crippen molar-refractivity contribution in [1.29, 1.82) is 0 Å². The standard InChI is InChI=1S/C25H23F2NO/c1-17(28-14-13-21(15-25(28)29)19-5-3-2-4-6-19)18-7-9-20(10-8-18)23-12-11-22(26)16-24(23)27/h2-12,16-17,21H,13-15H2,1H3/t17-,21?/m0/s1. The fourth-order valence-electron chi connectivity index (χ4n) is 4.11. The number of nitrogens with zero attached hydrogens (tertiary/aromatic N) is 1. The maximum Gasteiger partial charge on any atom is 0.223 e. The maximum absolute atomic E-state index is 14.0. The molecule has 0 N–H and O–H groups in total. The lowest BCUT2D eigenvalue weighted by atomic mass is 9.88. The van der Waals surface area contributed by atoms with Crippen molar-refractivity contribution in [2.24, 2.45) is 0 Å². The fourth-order valence-corrected chi connectivity index (χ4v) is 4.11. The summed E-state index contributed by atoms with van der Waals surface area (Å²) < 4.78 is 27.2. The van der Waals surface area contributed by atoms with Crippen molar-refractivity contribution >= 4 is 5.91 Å². The number of piperidine rings is 1. The first-order valence-corrected chi connectivity index (χ1v) is 9.92. The van der Waals surface area contributed by atoms with Crippen LogP contribution in [0, 0.1) is 11.6 Å². The quantitative estimate of drug-likeness (QED) is 0.526. The molecule has 1 fully saturated rings. The Morgan fingerprint density at radius 2 is 1.69 bits per heavy atom. The molecule has 1 aliphatic rings. The summed E-state index contributed by atoms with van der Waals surface area (Å²) >= 11 is 0. The second kappa shape index (κ2) is 8.16. The van der Waals surface area contributed by atoms with Gasteiger partial charge >= 0.3 is 0 Å². The molecule has 29 heavy (non-hydrogen) atoms. The first-order valence-electron chi connectivity index (χ1n) is 9.92. The molecule has 1 saturated heterocycles. The highest BCUT2D eigenvalue weighted by molar-refractivity contribution is 5.78. The predicted octanol–water partition coefficient (Wildman–Crippen LogP) is 6.10. The molecule has 1 aliphatic heterocycles. The highest BCUT2D eigenvalue weighted by Crippen LogP contribution is 2.33. The molecular weight excluding hydrogens is 368 g/mol. The van der Waals surface area contributed by atoms with Gasteiger partial charge in [-0.2, -0.15) is 0 Å². The maximum atomic E-state index is 14.0. The van der Waals surface area contributed by atoms with Crippen molar-refractivity contribution in [3.05, 3.63) is 95.6 Å². The number of hydrogen-bond acceptors (Lipinski definition) is 1. The highest BCUT2D eigenvalue weighted by Gasteiger charge is 2.30. The van der Waals surface area contributed by atoms with E-state index in [0.717, 1.165) is 18.1 Å². The van der Waals surface area contributed by atoms with Crippen LogP contribution in [0.5, 0.6) is 0 Å². The van der Waals surface area contributed by atoms with Crippen LogP contribution in [0.4, 0.5) is 8.78 Å². The molecule has 0 saturated carbocycles. The number of carbonyl (C=O) groups is 1. The molecule has 3 aromatic rings. The van der Waals surface area contributed by atoms with Crippen molar-refractivity contribution in [3.8, 4) is 11.1 Å². The van der Waals surface area contributed by atoms with Crippen LogP contribution in [0.3, 0.4) is 0 Å². The smallest absolute Gasteiger partial charge is 0.223 e. The first kappa shape index (κ1) is 19.3. The lowest BCUT2D eigenvalue weighted by Gasteiger charge is -2.36. The third-order valence-corrected chi connectivity index (χ3v) is 5.83. The molecule has 1 unspecified atom stereocenters. The molecule has 3 aromatic carbocycles. The van der Waals surface area contributed by atoms with Crippen molar-refractivity contribution in [3.63, 3.8) is 0 Å². The molecule has 1 heterocycles. The van der Waals surface area contributed by atoms with Gasteiger partial charge in [-0.15, -0.1) is 0 Å². The van der Waals surface area contributed by atoms with E-state index in [2.05, 4.69) is 12.1 Å². The van der Waals surface area contributed by atoms with Crippen molar-refractivity contribution in [2.45, 2.75) is 31.7 Å². The van der Waals surface area contributed by atoms with E-state index in [4.69, 9.17) is 0 Å². The monoisotopic (exact) mass is 391 g/mol. The molecule has 0 radical (unpaired) electrons. The summed E-state index contributed by atoms with van der Waals surface area (Å²) in [6.07, 6.45) is 1.46. The molecule has 1 amide bonds. The lowest BCUT2D eigenvalue weighted by molar-refractivity contribution is -0.136. The zero-order valence-electron chi connectivity index (χ0n) is 16.3. The number of likely N-dealkylation sites (tertiary alicyclic amines) is 1. The zero-order chi connectivity index (χ0) is 20.4. The van der Waals surface area contributed by atoms with Crippen LogP contribution in [0.1, 0.15) is 42.9 Å². The van der Waals surface area contributed by atoms with Gasteiger partial charge in [-0.25, -0.2) is 8.78 Å². The predicted molar refractivity (Wildman–Crippen MR) is 110 cm³/mol. The molecule has 0 spiro atoms. The van der Waals surface area contributed by atoms with E-state index in [9.17, 15) is 13.6 Å². The minimum absolute atomic E-state index is 0.0497. The summed E-state index contributed by atoms with van der Waals surface area (Å²) in [4.78, 5) is 14.7. The molecule has 2 nitrogen and oxygen atoms in total. The number of hydrogen-bond donors (Lipinski definition) is 0. The summed E-state index contributed by atoms with van der Waals surface area (Å²) in [5.41, 5.74) is 3.28. The van der Waals surface area contributed by atoms with Gasteiger partial charge in [-0.05, 0) is 48.1 Å². The molecule has 148 valence electrons. The number of halogens is 2. The Hall–Kier alpha value is -3.01. The second-order valence-electron chi connectivity index (χ2n) is 7.61. The Balaban J connectivity index is 1.47. The van der Waals surface area contributed by atoms with Gasteiger partial charge in [-0.1, -0.05) is 54.6 Å². The van der Waals surface area contributed by atoms with Crippen LogP contribution in [-0.4, -0.2) is 17.4 Å². The summed E-state index contributed by atoms with van der Waals surface area (Å²) in [6.45, 7) is 2.74. The van der Waals surface area contributed by atoms with Gasteiger partial charge in [-0.3, -0.25) is 4.79 Å². The minimum Gasteiger partial charge on any atom is -0.336 e. The third kappa shape index (κ3) is 4.07. The molecule has 0 aromatic heterocycles. The first-order chi connectivity index (χ1) is 14.0.